The van der Waals surface area contributed by atoms with Gasteiger partial charge in [0.1, 0.15) is 16.9 Å². The van der Waals surface area contributed by atoms with Gasteiger partial charge in [-0.05, 0) is 44.7 Å². The van der Waals surface area contributed by atoms with Gasteiger partial charge in [0.15, 0.2) is 11.2 Å². The van der Waals surface area contributed by atoms with Crippen LogP contribution in [0.15, 0.2) is 36.8 Å². The second kappa shape index (κ2) is 8.88. The topological polar surface area (TPSA) is 112 Å². The predicted molar refractivity (Wildman–Crippen MR) is 129 cm³/mol. The van der Waals surface area contributed by atoms with Crippen LogP contribution < -0.4 is 15.0 Å². The van der Waals surface area contributed by atoms with Crippen molar-refractivity contribution in [1.82, 2.24) is 14.6 Å². The first kappa shape index (κ1) is 25.3. The summed E-state index contributed by atoms with van der Waals surface area (Å²) in [5.41, 5.74) is -1.10. The summed E-state index contributed by atoms with van der Waals surface area (Å²) in [6, 6.07) is 5.22. The molecule has 0 bridgehead atoms. The number of carbonyl (C=O) groups excluding carboxylic acids is 1. The molecular formula is C25H28F3N5O4. The third-order valence-electron chi connectivity index (χ3n) is 7.41. The van der Waals surface area contributed by atoms with Gasteiger partial charge in [-0.2, -0.15) is 18.3 Å². The van der Waals surface area contributed by atoms with E-state index in [-0.39, 0.29) is 38.1 Å². The van der Waals surface area contributed by atoms with Crippen LogP contribution in [0.25, 0.3) is 5.65 Å². The minimum Gasteiger partial charge on any atom is -0.484 e. The largest absolute Gasteiger partial charge is 0.484 e. The van der Waals surface area contributed by atoms with Crippen LogP contribution in [-0.4, -0.2) is 67.8 Å². The Hall–Kier alpha value is -3.38. The lowest BCUT2D eigenvalue weighted by Gasteiger charge is -2.41. The molecule has 1 aromatic carbocycles. The minimum absolute atomic E-state index is 0.115. The molecule has 12 heteroatoms. The first-order valence-electron chi connectivity index (χ1n) is 12.0. The number of anilines is 2. The third-order valence-corrected chi connectivity index (χ3v) is 7.41. The van der Waals surface area contributed by atoms with Gasteiger partial charge in [-0.3, -0.25) is 4.79 Å². The number of fused-ring (bicyclic) bond motifs is 2. The molecule has 0 unspecified atom stereocenters. The molecule has 198 valence electrons. The fraction of sp³-hybridized carbons (Fsp3) is 0.480. The summed E-state index contributed by atoms with van der Waals surface area (Å²) in [5, 5.41) is 27.0. The Balaban J connectivity index is 1.45. The molecule has 3 aromatic rings. The van der Waals surface area contributed by atoms with Crippen molar-refractivity contribution >= 4 is 22.9 Å². The maximum Gasteiger partial charge on any atom is 0.417 e. The monoisotopic (exact) mass is 519 g/mol. The summed E-state index contributed by atoms with van der Waals surface area (Å²) in [6.45, 7) is 2.88. The van der Waals surface area contributed by atoms with E-state index in [1.54, 1.807) is 37.5 Å². The second-order valence-electron chi connectivity index (χ2n) is 10.2. The minimum atomic E-state index is -4.72. The zero-order valence-electron chi connectivity index (χ0n) is 20.4. The summed E-state index contributed by atoms with van der Waals surface area (Å²) >= 11 is 0. The molecule has 1 saturated heterocycles. The quantitative estimate of drug-likeness (QED) is 0.475. The number of hydrogen-bond donors (Lipinski definition) is 3. The van der Waals surface area contributed by atoms with Crippen LogP contribution in [-0.2, 0) is 6.42 Å². The molecule has 0 radical (unpaired) electrons. The number of amides is 1. The van der Waals surface area contributed by atoms with Gasteiger partial charge in [0.2, 0.25) is 0 Å². The highest BCUT2D eigenvalue weighted by Gasteiger charge is 2.55. The van der Waals surface area contributed by atoms with Crippen molar-refractivity contribution in [3.8, 4) is 5.75 Å². The number of halogens is 3. The average molecular weight is 520 g/mol. The highest BCUT2D eigenvalue weighted by molar-refractivity contribution is 6.09. The number of hydrogen-bond acceptors (Lipinski definition) is 7. The number of rotatable bonds is 5. The fourth-order valence-electron chi connectivity index (χ4n) is 5.09. The number of nitrogens with zero attached hydrogens (tertiary/aromatic N) is 4. The predicted octanol–water partition coefficient (Wildman–Crippen LogP) is 3.20. The van der Waals surface area contributed by atoms with Gasteiger partial charge in [0.25, 0.3) is 5.91 Å². The van der Waals surface area contributed by atoms with Gasteiger partial charge in [0.05, 0.1) is 24.2 Å². The average Bonchev–Trinajstić information content (AvgIpc) is 3.43. The summed E-state index contributed by atoms with van der Waals surface area (Å²) in [7, 11) is 0. The van der Waals surface area contributed by atoms with E-state index in [4.69, 9.17) is 4.74 Å². The highest BCUT2D eigenvalue weighted by Crippen LogP contribution is 2.45. The van der Waals surface area contributed by atoms with Crippen LogP contribution in [0.2, 0.25) is 0 Å². The Morgan fingerprint density at radius 3 is 2.70 bits per heavy atom. The molecule has 0 saturated carbocycles. The molecule has 5 rings (SSSR count). The van der Waals surface area contributed by atoms with E-state index in [1.807, 2.05) is 4.90 Å². The number of piperidine rings is 1. The molecule has 3 N–H and O–H groups in total. The Morgan fingerprint density at radius 1 is 1.30 bits per heavy atom. The SMILES string of the molecule is C[C@@]1(CO)Cc2cc(NC(=O)c3cnn4cccnc34)c(N3CCC([C@@](C)(O)C(F)(F)F)CC3)cc2O1. The first-order valence-corrected chi connectivity index (χ1v) is 12.0. The molecule has 0 aliphatic carbocycles. The fourth-order valence-corrected chi connectivity index (χ4v) is 5.09. The summed E-state index contributed by atoms with van der Waals surface area (Å²) in [6.07, 6.45) is 0.582. The maximum absolute atomic E-state index is 13.4. The van der Waals surface area contributed by atoms with Gasteiger partial charge < -0.3 is 25.2 Å². The molecule has 1 fully saturated rings. The van der Waals surface area contributed by atoms with Crippen molar-refractivity contribution in [2.45, 2.75) is 50.5 Å². The first-order chi connectivity index (χ1) is 17.4. The third kappa shape index (κ3) is 4.48. The van der Waals surface area contributed by atoms with E-state index in [2.05, 4.69) is 15.4 Å². The highest BCUT2D eigenvalue weighted by atomic mass is 19.4. The van der Waals surface area contributed by atoms with Gasteiger partial charge in [0, 0.05) is 43.5 Å². The standard InChI is InChI=1S/C25H28F3N5O4/c1-23(14-34)12-15-10-18(31-22(35)17-13-30-33-7-3-6-29-21(17)33)19(11-20(15)37-23)32-8-4-16(5-9-32)24(2,36)25(26,27)28/h3,6-7,10-11,13,16,34,36H,4-5,8-9,12,14H2,1-2H3,(H,31,35)/t23-,24+/m0/s1. The van der Waals surface area contributed by atoms with Gasteiger partial charge >= 0.3 is 6.18 Å². The normalized spacial score (nSPS) is 22.0. The Labute approximate surface area is 210 Å². The van der Waals surface area contributed by atoms with Crippen LogP contribution >= 0.6 is 0 Å². The van der Waals surface area contributed by atoms with Crippen molar-refractivity contribution in [3.63, 3.8) is 0 Å². The molecule has 37 heavy (non-hydrogen) atoms. The Bertz CT molecular complexity index is 1330. The Morgan fingerprint density at radius 2 is 2.03 bits per heavy atom. The molecule has 2 aliphatic heterocycles. The zero-order valence-corrected chi connectivity index (χ0v) is 20.4. The Kier molecular flexibility index (Phi) is 6.06. The van der Waals surface area contributed by atoms with Gasteiger partial charge in [-0.15, -0.1) is 0 Å². The number of carbonyl (C=O) groups is 1. The number of aromatic nitrogens is 3. The van der Waals surface area contributed by atoms with Crippen LogP contribution in [0, 0.1) is 5.92 Å². The summed E-state index contributed by atoms with van der Waals surface area (Å²) in [5.74, 6) is -0.838. The molecule has 2 aliphatic rings. The van der Waals surface area contributed by atoms with E-state index in [0.29, 0.717) is 29.2 Å². The molecule has 2 atom stereocenters. The van der Waals surface area contributed by atoms with E-state index in [0.717, 1.165) is 12.5 Å². The van der Waals surface area contributed by atoms with Crippen LogP contribution in [0.1, 0.15) is 42.6 Å². The zero-order chi connectivity index (χ0) is 26.6. The number of alkyl halides is 3. The van der Waals surface area contributed by atoms with E-state index in [1.165, 1.54) is 10.7 Å². The number of nitrogens with one attached hydrogen (secondary N) is 1. The van der Waals surface area contributed by atoms with Gasteiger partial charge in [-0.1, -0.05) is 0 Å². The molecule has 2 aromatic heterocycles. The number of benzene rings is 1. The van der Waals surface area contributed by atoms with Crippen LogP contribution in [0.3, 0.4) is 0 Å². The number of aliphatic hydroxyl groups is 2. The van der Waals surface area contributed by atoms with Crippen LogP contribution in [0.5, 0.6) is 5.75 Å². The lowest BCUT2D eigenvalue weighted by atomic mass is 9.81. The number of ether oxygens (including phenoxy) is 1. The maximum atomic E-state index is 13.4. The van der Waals surface area contributed by atoms with Crippen molar-refractivity contribution in [3.05, 3.63) is 47.9 Å². The van der Waals surface area contributed by atoms with E-state index in [9.17, 15) is 28.2 Å². The summed E-state index contributed by atoms with van der Waals surface area (Å²) in [4.78, 5) is 19.4. The number of aliphatic hydroxyl groups excluding tert-OH is 1. The van der Waals surface area contributed by atoms with Crippen molar-refractivity contribution in [2.24, 2.45) is 5.92 Å². The molecule has 4 heterocycles. The molecule has 9 nitrogen and oxygen atoms in total. The van der Waals surface area contributed by atoms with E-state index >= 15 is 0 Å². The lowest BCUT2D eigenvalue weighted by molar-refractivity contribution is -0.273. The van der Waals surface area contributed by atoms with Gasteiger partial charge in [-0.25, -0.2) is 9.50 Å². The van der Waals surface area contributed by atoms with Crippen molar-refractivity contribution in [2.75, 3.05) is 29.9 Å². The van der Waals surface area contributed by atoms with E-state index < -0.39 is 29.2 Å². The van der Waals surface area contributed by atoms with Crippen LogP contribution in [0.4, 0.5) is 24.5 Å². The second-order valence-corrected chi connectivity index (χ2v) is 10.2. The van der Waals surface area contributed by atoms with Crippen molar-refractivity contribution in [1.29, 1.82) is 0 Å². The van der Waals surface area contributed by atoms with Crippen molar-refractivity contribution < 1.29 is 32.9 Å². The molecule has 0 spiro atoms. The molecular weight excluding hydrogens is 491 g/mol. The lowest BCUT2D eigenvalue weighted by Crippen LogP contribution is -2.52. The molecule has 1 amide bonds. The summed E-state index contributed by atoms with van der Waals surface area (Å²) < 4.78 is 47.6. The smallest absolute Gasteiger partial charge is 0.417 e.